The summed E-state index contributed by atoms with van der Waals surface area (Å²) in [6, 6.07) is 120. The lowest BCUT2D eigenvalue weighted by Crippen LogP contribution is -2.84. The summed E-state index contributed by atoms with van der Waals surface area (Å²) in [6.07, 6.45) is 0. The molecule has 0 saturated carbocycles. The molecule has 0 aromatic heterocycles. The van der Waals surface area contributed by atoms with Crippen LogP contribution in [0.15, 0.2) is 315 Å². The van der Waals surface area contributed by atoms with Crippen LogP contribution in [0.3, 0.4) is 0 Å². The van der Waals surface area contributed by atoms with Crippen LogP contribution >= 0.6 is 0 Å². The fourth-order valence-electron chi connectivity index (χ4n) is 16.2. The van der Waals surface area contributed by atoms with Gasteiger partial charge in [0.05, 0.1) is 22.7 Å². The van der Waals surface area contributed by atoms with Gasteiger partial charge in [0.15, 0.2) is 16.1 Å². The minimum atomic E-state index is -3.63. The number of nitrogens with zero attached hydrogens (tertiary/aromatic N) is 6. The minimum Gasteiger partial charge on any atom is -0.311 e. The van der Waals surface area contributed by atoms with Crippen LogP contribution in [0, 0.1) is 0 Å². The number of rotatable bonds is 8. The fraction of sp³-hybridized carbons (Fsp3) is 0. The molecule has 8 heteroatoms. The molecule has 0 fully saturated rings. The lowest BCUT2D eigenvalue weighted by molar-refractivity contribution is 1.17. The average Bonchev–Trinajstić information content (AvgIpc) is 0.634. The van der Waals surface area contributed by atoms with Gasteiger partial charge < -0.3 is 29.4 Å². The van der Waals surface area contributed by atoms with Gasteiger partial charge >= 0.3 is 0 Å². The molecule has 19 rings (SSSR count). The molecule has 0 bridgehead atoms. The number of hydrogen-bond donors (Lipinski definition) is 0. The van der Waals surface area contributed by atoms with Crippen LogP contribution < -0.4 is 70.9 Å². The smallest absolute Gasteiger partial charge is 0.194 e. The first-order chi connectivity index (χ1) is 42.8. The SMILES string of the molecule is c1ccc(N2c3cccc4c3[Si]3(c5ccccc5)c5c2cccc5N(c2ccccc2)c2c5c6c(c(c23)N4c2ccccc2)N(c2ccccc2)c2cccc3c2[Si]6(c2ccccc2)c2c(cccc2N5c2ccccc2)N3c2ccccc2)cc1. The molecule has 6 aliphatic rings. The van der Waals surface area contributed by atoms with Gasteiger partial charge in [0.1, 0.15) is 0 Å². The van der Waals surface area contributed by atoms with Gasteiger partial charge in [0.25, 0.3) is 0 Å². The van der Waals surface area contributed by atoms with E-state index in [1.807, 2.05) is 0 Å². The van der Waals surface area contributed by atoms with Crippen LogP contribution in [0.4, 0.5) is 102 Å². The van der Waals surface area contributed by atoms with Crippen molar-refractivity contribution in [1.82, 2.24) is 0 Å². The summed E-state index contributed by atoms with van der Waals surface area (Å²) < 4.78 is 0. The number of benzene rings is 13. The average molecular weight is 1130 g/mol. The molecule has 0 atom stereocenters. The maximum absolute atomic E-state index is 3.63. The van der Waals surface area contributed by atoms with E-state index < -0.39 is 16.1 Å². The molecule has 0 unspecified atom stereocenters. The normalized spacial score (nSPS) is 15.0. The molecule has 0 N–H and O–H groups in total. The molecule has 86 heavy (non-hydrogen) atoms. The van der Waals surface area contributed by atoms with Crippen molar-refractivity contribution in [2.75, 3.05) is 29.4 Å². The van der Waals surface area contributed by atoms with E-state index in [0.29, 0.717) is 0 Å². The summed E-state index contributed by atoms with van der Waals surface area (Å²) in [5.74, 6) is 0. The Morgan fingerprint density at radius 1 is 0.151 bits per heavy atom. The van der Waals surface area contributed by atoms with Crippen LogP contribution in [-0.2, 0) is 0 Å². The molecule has 6 aliphatic heterocycles. The quantitative estimate of drug-likeness (QED) is 0.140. The van der Waals surface area contributed by atoms with Gasteiger partial charge in [0, 0.05) is 111 Å². The number of anilines is 18. The Bertz CT molecular complexity index is 4370. The molecule has 0 spiro atoms. The summed E-state index contributed by atoms with van der Waals surface area (Å²) in [5.41, 5.74) is 21.2. The van der Waals surface area contributed by atoms with Crippen molar-refractivity contribution in [2.24, 2.45) is 0 Å². The van der Waals surface area contributed by atoms with Crippen molar-refractivity contribution in [2.45, 2.75) is 0 Å². The van der Waals surface area contributed by atoms with E-state index in [9.17, 15) is 0 Å². The maximum atomic E-state index is 2.72. The van der Waals surface area contributed by atoms with Crippen LogP contribution in [0.2, 0.25) is 0 Å². The summed E-state index contributed by atoms with van der Waals surface area (Å²) in [4.78, 5) is 16.0. The fourth-order valence-corrected chi connectivity index (χ4v) is 27.8. The topological polar surface area (TPSA) is 19.4 Å². The van der Waals surface area contributed by atoms with Crippen LogP contribution in [0.25, 0.3) is 0 Å². The van der Waals surface area contributed by atoms with E-state index in [1.54, 1.807) is 0 Å². The Labute approximate surface area is 501 Å². The van der Waals surface area contributed by atoms with Crippen LogP contribution in [0.1, 0.15) is 0 Å². The molecule has 6 heterocycles. The molecule has 0 aliphatic carbocycles. The lowest BCUT2D eigenvalue weighted by Gasteiger charge is -2.60. The highest BCUT2D eigenvalue weighted by atomic mass is 28.3. The largest absolute Gasteiger partial charge is 0.311 e. The third kappa shape index (κ3) is 5.93. The molecule has 6 nitrogen and oxygen atoms in total. The van der Waals surface area contributed by atoms with Gasteiger partial charge in [-0.3, -0.25) is 0 Å². The third-order valence-corrected chi connectivity index (χ3v) is 28.9. The number of fused-ring (bicyclic) bond motifs is 2. The van der Waals surface area contributed by atoms with Crippen molar-refractivity contribution in [1.29, 1.82) is 0 Å². The molecule has 13 aromatic carbocycles. The highest BCUT2D eigenvalue weighted by Crippen LogP contribution is 2.62. The van der Waals surface area contributed by atoms with Crippen molar-refractivity contribution in [3.8, 4) is 0 Å². The third-order valence-electron chi connectivity index (χ3n) is 19.0. The van der Waals surface area contributed by atoms with Gasteiger partial charge in [-0.1, -0.05) is 194 Å². The lowest BCUT2D eigenvalue weighted by atomic mass is 10.00. The standard InChI is InChI=1S/C78H52N6Si2/c1-9-29-53(30-10-1)79-61-45-25-49-65-73(61)85(59-41-21-7-22-42-59)74-62(79)46-26-50-66(74)82(56-35-15-4-16-36-56)70-72-78-71(69(77(70)85)81(65)55-33-13-3-14-34-55)83(57-37-17-5-18-38-57)67-51-27-47-63-75(67)86(78,60-43-23-8-24-44-60)76-64(80(63)54-31-11-2-12-32-54)48-28-52-68(76)84(72)58-39-19-6-20-40-58/h1-52H. The van der Waals surface area contributed by atoms with E-state index in [-0.39, 0.29) is 0 Å². The predicted octanol–water partition coefficient (Wildman–Crippen LogP) is 15.1. The van der Waals surface area contributed by atoms with E-state index in [1.165, 1.54) is 110 Å². The van der Waals surface area contributed by atoms with Gasteiger partial charge in [-0.2, -0.15) is 0 Å². The monoisotopic (exact) mass is 1130 g/mol. The summed E-state index contributed by atoms with van der Waals surface area (Å²) >= 11 is 0. The molecular weight excluding hydrogens is 1080 g/mol. The van der Waals surface area contributed by atoms with Crippen molar-refractivity contribution in [3.05, 3.63) is 315 Å². The molecule has 13 aromatic rings. The maximum Gasteiger partial charge on any atom is 0.194 e. The summed E-state index contributed by atoms with van der Waals surface area (Å²) in [6.45, 7) is 0. The Balaban J connectivity index is 1.14. The second-order valence-corrected chi connectivity index (χ2v) is 30.2. The molecule has 0 amide bonds. The molecule has 0 saturated heterocycles. The second kappa shape index (κ2) is 17.8. The summed E-state index contributed by atoms with van der Waals surface area (Å²) in [7, 11) is -7.26. The Morgan fingerprint density at radius 2 is 0.326 bits per heavy atom. The van der Waals surface area contributed by atoms with Crippen LogP contribution in [0.5, 0.6) is 0 Å². The van der Waals surface area contributed by atoms with Crippen molar-refractivity contribution in [3.63, 3.8) is 0 Å². The first-order valence-electron chi connectivity index (χ1n) is 29.8. The van der Waals surface area contributed by atoms with E-state index in [2.05, 4.69) is 345 Å². The zero-order chi connectivity index (χ0) is 56.2. The van der Waals surface area contributed by atoms with Gasteiger partial charge in [-0.25, -0.2) is 0 Å². The first-order valence-corrected chi connectivity index (χ1v) is 33.8. The van der Waals surface area contributed by atoms with Gasteiger partial charge in [0.2, 0.25) is 0 Å². The predicted molar refractivity (Wildman–Crippen MR) is 363 cm³/mol. The zero-order valence-electron chi connectivity index (χ0n) is 46.7. The van der Waals surface area contributed by atoms with Gasteiger partial charge in [-0.05, 0) is 132 Å². The summed E-state index contributed by atoms with van der Waals surface area (Å²) in [5, 5.41) is 11.0. The Kier molecular flexibility index (Phi) is 9.85. The van der Waals surface area contributed by atoms with Crippen molar-refractivity contribution < 1.29 is 0 Å². The highest BCUT2D eigenvalue weighted by molar-refractivity contribution is 7.27. The Hall–Kier alpha value is -10.9. The van der Waals surface area contributed by atoms with Crippen molar-refractivity contribution >= 4 is 160 Å². The number of hydrogen-bond acceptors (Lipinski definition) is 6. The van der Waals surface area contributed by atoms with Crippen LogP contribution in [-0.4, -0.2) is 16.1 Å². The Morgan fingerprint density at radius 3 is 0.535 bits per heavy atom. The highest BCUT2D eigenvalue weighted by Gasteiger charge is 2.67. The molecule has 0 radical (unpaired) electrons. The van der Waals surface area contributed by atoms with E-state index >= 15 is 0 Å². The first kappa shape index (κ1) is 47.6. The van der Waals surface area contributed by atoms with Gasteiger partial charge in [-0.15, -0.1) is 0 Å². The number of para-hydroxylation sites is 6. The van der Waals surface area contributed by atoms with E-state index in [4.69, 9.17) is 0 Å². The molecular formula is C78H52N6Si2. The minimum absolute atomic E-state index is 1.11. The zero-order valence-corrected chi connectivity index (χ0v) is 48.7. The second-order valence-electron chi connectivity index (χ2n) is 23.1. The van der Waals surface area contributed by atoms with E-state index in [0.717, 1.165) is 34.1 Å². The molecule has 402 valence electrons.